The molecule has 1 unspecified atom stereocenters. The van der Waals surface area contributed by atoms with Gasteiger partial charge in [0.1, 0.15) is 5.75 Å². The Morgan fingerprint density at radius 2 is 2.17 bits per heavy atom. The van der Waals surface area contributed by atoms with E-state index in [0.29, 0.717) is 18.1 Å². The van der Waals surface area contributed by atoms with Gasteiger partial charge < -0.3 is 9.26 Å². The zero-order valence-corrected chi connectivity index (χ0v) is 12.0. The molecule has 0 saturated heterocycles. The average Bonchev–Trinajstić information content (AvgIpc) is 2.87. The minimum atomic E-state index is 0.122. The molecule has 0 bridgehead atoms. The van der Waals surface area contributed by atoms with Crippen molar-refractivity contribution in [3.05, 3.63) is 41.5 Å². The SMILES string of the molecule is CCC(Br)c1nc(Cc2ccccc2OC)no1. The Hall–Kier alpha value is -1.36. The Kier molecular flexibility index (Phi) is 4.36. The van der Waals surface area contributed by atoms with Crippen LogP contribution in [-0.4, -0.2) is 17.3 Å². The molecule has 4 nitrogen and oxygen atoms in total. The van der Waals surface area contributed by atoms with Crippen LogP contribution in [0.5, 0.6) is 5.75 Å². The number of rotatable bonds is 5. The van der Waals surface area contributed by atoms with E-state index in [1.807, 2.05) is 24.3 Å². The van der Waals surface area contributed by atoms with Gasteiger partial charge in [0.05, 0.1) is 11.9 Å². The summed E-state index contributed by atoms with van der Waals surface area (Å²) >= 11 is 3.49. The summed E-state index contributed by atoms with van der Waals surface area (Å²) in [4.78, 5) is 4.49. The summed E-state index contributed by atoms with van der Waals surface area (Å²) in [6.07, 6.45) is 1.52. The first-order valence-electron chi connectivity index (χ1n) is 5.83. The molecule has 0 N–H and O–H groups in total. The van der Waals surface area contributed by atoms with Crippen molar-refractivity contribution in [3.63, 3.8) is 0 Å². The Balaban J connectivity index is 2.16. The fourth-order valence-corrected chi connectivity index (χ4v) is 1.85. The molecule has 0 saturated carbocycles. The molecule has 0 spiro atoms. The third-order valence-electron chi connectivity index (χ3n) is 2.65. The van der Waals surface area contributed by atoms with E-state index in [-0.39, 0.29) is 4.83 Å². The van der Waals surface area contributed by atoms with Crippen LogP contribution in [0, 0.1) is 0 Å². The second-order valence-electron chi connectivity index (χ2n) is 3.91. The van der Waals surface area contributed by atoms with Crippen LogP contribution in [0.2, 0.25) is 0 Å². The van der Waals surface area contributed by atoms with Crippen molar-refractivity contribution >= 4 is 15.9 Å². The van der Waals surface area contributed by atoms with Crippen molar-refractivity contribution in [2.45, 2.75) is 24.6 Å². The highest BCUT2D eigenvalue weighted by Gasteiger charge is 2.15. The molecule has 0 aliphatic rings. The number of halogens is 1. The van der Waals surface area contributed by atoms with Crippen LogP contribution < -0.4 is 4.74 Å². The Labute approximate surface area is 114 Å². The summed E-state index contributed by atoms with van der Waals surface area (Å²) in [6, 6.07) is 7.84. The van der Waals surface area contributed by atoms with Crippen LogP contribution in [0.4, 0.5) is 0 Å². The summed E-state index contributed by atoms with van der Waals surface area (Å²) in [6.45, 7) is 2.06. The Morgan fingerprint density at radius 1 is 1.39 bits per heavy atom. The number of alkyl halides is 1. The van der Waals surface area contributed by atoms with E-state index in [1.54, 1.807) is 7.11 Å². The van der Waals surface area contributed by atoms with Gasteiger partial charge in [0.15, 0.2) is 5.82 Å². The minimum absolute atomic E-state index is 0.122. The van der Waals surface area contributed by atoms with Gasteiger partial charge in [0, 0.05) is 12.0 Å². The van der Waals surface area contributed by atoms with E-state index in [1.165, 1.54) is 0 Å². The van der Waals surface area contributed by atoms with Gasteiger partial charge in [-0.3, -0.25) is 0 Å². The zero-order chi connectivity index (χ0) is 13.0. The molecule has 5 heteroatoms. The van der Waals surface area contributed by atoms with E-state index in [9.17, 15) is 0 Å². The summed E-state index contributed by atoms with van der Waals surface area (Å²) in [5, 5.41) is 3.98. The summed E-state index contributed by atoms with van der Waals surface area (Å²) < 4.78 is 10.5. The van der Waals surface area contributed by atoms with Gasteiger partial charge in [-0.15, -0.1) is 0 Å². The van der Waals surface area contributed by atoms with E-state index in [4.69, 9.17) is 9.26 Å². The van der Waals surface area contributed by atoms with Crippen molar-refractivity contribution in [3.8, 4) is 5.75 Å². The molecule has 0 aliphatic heterocycles. The van der Waals surface area contributed by atoms with Crippen molar-refractivity contribution in [2.24, 2.45) is 0 Å². The number of aromatic nitrogens is 2. The quantitative estimate of drug-likeness (QED) is 0.793. The molecule has 1 heterocycles. The number of benzene rings is 1. The fourth-order valence-electron chi connectivity index (χ4n) is 1.66. The van der Waals surface area contributed by atoms with Crippen LogP contribution in [0.15, 0.2) is 28.8 Å². The number of methoxy groups -OCH3 is 1. The van der Waals surface area contributed by atoms with Crippen LogP contribution in [0.1, 0.15) is 35.5 Å². The fraction of sp³-hybridized carbons (Fsp3) is 0.385. The zero-order valence-electron chi connectivity index (χ0n) is 10.4. The lowest BCUT2D eigenvalue weighted by atomic mass is 10.1. The van der Waals surface area contributed by atoms with Gasteiger partial charge >= 0.3 is 0 Å². The molecule has 0 aliphatic carbocycles. The van der Waals surface area contributed by atoms with Crippen LogP contribution in [0.3, 0.4) is 0 Å². The molecule has 0 fully saturated rings. The molecule has 1 atom stereocenters. The second kappa shape index (κ2) is 6.00. The van der Waals surface area contributed by atoms with Crippen molar-refractivity contribution < 1.29 is 9.26 Å². The number of para-hydroxylation sites is 1. The third-order valence-corrected chi connectivity index (χ3v) is 3.69. The molecule has 18 heavy (non-hydrogen) atoms. The standard InChI is InChI=1S/C13H15BrN2O2/c1-3-10(14)13-15-12(16-18-13)8-9-6-4-5-7-11(9)17-2/h4-7,10H,3,8H2,1-2H3. The van der Waals surface area contributed by atoms with Crippen molar-refractivity contribution in [1.29, 1.82) is 0 Å². The molecular formula is C13H15BrN2O2. The molecule has 0 amide bonds. The van der Waals surface area contributed by atoms with Crippen LogP contribution >= 0.6 is 15.9 Å². The summed E-state index contributed by atoms with van der Waals surface area (Å²) in [5.74, 6) is 2.14. The molecular weight excluding hydrogens is 296 g/mol. The molecule has 1 aromatic carbocycles. The highest BCUT2D eigenvalue weighted by molar-refractivity contribution is 9.09. The Morgan fingerprint density at radius 3 is 2.89 bits per heavy atom. The summed E-state index contributed by atoms with van der Waals surface area (Å²) in [7, 11) is 1.66. The first kappa shape index (κ1) is 13.1. The first-order chi connectivity index (χ1) is 8.74. The number of ether oxygens (including phenoxy) is 1. The van der Waals surface area contributed by atoms with E-state index in [2.05, 4.69) is 33.0 Å². The van der Waals surface area contributed by atoms with Gasteiger partial charge in [-0.2, -0.15) is 4.98 Å². The van der Waals surface area contributed by atoms with Gasteiger partial charge in [0.25, 0.3) is 0 Å². The largest absolute Gasteiger partial charge is 0.496 e. The maximum atomic E-state index is 5.30. The second-order valence-corrected chi connectivity index (χ2v) is 5.02. The van der Waals surface area contributed by atoms with Gasteiger partial charge in [-0.05, 0) is 12.5 Å². The molecule has 96 valence electrons. The van der Waals surface area contributed by atoms with E-state index in [0.717, 1.165) is 17.7 Å². The van der Waals surface area contributed by atoms with Gasteiger partial charge in [-0.25, -0.2) is 0 Å². The lowest BCUT2D eigenvalue weighted by Gasteiger charge is -2.05. The van der Waals surface area contributed by atoms with Crippen LogP contribution in [-0.2, 0) is 6.42 Å². The van der Waals surface area contributed by atoms with Crippen molar-refractivity contribution in [2.75, 3.05) is 7.11 Å². The van der Waals surface area contributed by atoms with Gasteiger partial charge in [0.2, 0.25) is 5.89 Å². The average molecular weight is 311 g/mol. The maximum Gasteiger partial charge on any atom is 0.240 e. The first-order valence-corrected chi connectivity index (χ1v) is 6.74. The lowest BCUT2D eigenvalue weighted by Crippen LogP contribution is -1.95. The summed E-state index contributed by atoms with van der Waals surface area (Å²) in [5.41, 5.74) is 1.05. The molecule has 2 aromatic rings. The predicted octanol–water partition coefficient (Wildman–Crippen LogP) is 3.52. The topological polar surface area (TPSA) is 48.2 Å². The lowest BCUT2D eigenvalue weighted by molar-refractivity contribution is 0.371. The van der Waals surface area contributed by atoms with Crippen molar-refractivity contribution in [1.82, 2.24) is 10.1 Å². The smallest absolute Gasteiger partial charge is 0.240 e. The highest BCUT2D eigenvalue weighted by Crippen LogP contribution is 2.25. The monoisotopic (exact) mass is 310 g/mol. The number of nitrogens with zero attached hydrogens (tertiary/aromatic N) is 2. The molecule has 1 aromatic heterocycles. The number of hydrogen-bond acceptors (Lipinski definition) is 4. The predicted molar refractivity (Wildman–Crippen MR) is 72.1 cm³/mol. The minimum Gasteiger partial charge on any atom is -0.496 e. The normalized spacial score (nSPS) is 12.4. The van der Waals surface area contributed by atoms with E-state index < -0.39 is 0 Å². The third kappa shape index (κ3) is 2.90. The maximum absolute atomic E-state index is 5.30. The Bertz CT molecular complexity index is 513. The molecule has 0 radical (unpaired) electrons. The van der Waals surface area contributed by atoms with E-state index >= 15 is 0 Å². The van der Waals surface area contributed by atoms with Crippen LogP contribution in [0.25, 0.3) is 0 Å². The highest BCUT2D eigenvalue weighted by atomic mass is 79.9. The number of hydrogen-bond donors (Lipinski definition) is 0. The van der Waals surface area contributed by atoms with Gasteiger partial charge in [-0.1, -0.05) is 46.2 Å². The molecule has 2 rings (SSSR count).